The second kappa shape index (κ2) is 12.9. The second-order valence-corrected chi connectivity index (χ2v) is 11.5. The van der Waals surface area contributed by atoms with Crippen LogP contribution in [0.1, 0.15) is 90.4 Å². The minimum atomic E-state index is -1.31. The Labute approximate surface area is 227 Å². The molecule has 4 unspecified atom stereocenters. The number of hydrogen-bond donors (Lipinski definition) is 1. The van der Waals surface area contributed by atoms with Crippen molar-refractivity contribution < 1.29 is 29.0 Å². The molecule has 7 nitrogen and oxygen atoms in total. The Hall–Kier alpha value is -2.74. The van der Waals surface area contributed by atoms with Crippen molar-refractivity contribution in [3.63, 3.8) is 0 Å². The molecular formula is C31H43NO6. The van der Waals surface area contributed by atoms with Gasteiger partial charge in [0, 0.05) is 17.0 Å². The molecule has 1 N–H and O–H groups in total. The maximum Gasteiger partial charge on any atom is 0.347 e. The van der Waals surface area contributed by atoms with Crippen LogP contribution in [0, 0.1) is 0 Å². The van der Waals surface area contributed by atoms with E-state index in [-0.39, 0.29) is 29.7 Å². The number of carbonyl (C=O) groups is 2. The van der Waals surface area contributed by atoms with E-state index in [0.29, 0.717) is 6.42 Å². The van der Waals surface area contributed by atoms with Crippen molar-refractivity contribution >= 4 is 11.9 Å². The van der Waals surface area contributed by atoms with Gasteiger partial charge < -0.3 is 14.6 Å². The lowest BCUT2D eigenvalue weighted by atomic mass is 9.82. The molecule has 1 aliphatic rings. The molecule has 0 amide bonds. The monoisotopic (exact) mass is 525 g/mol. The number of carbonyl (C=O) groups excluding carboxylic acids is 2. The molecule has 1 fully saturated rings. The number of aliphatic hydroxyl groups excluding tert-OH is 1. The summed E-state index contributed by atoms with van der Waals surface area (Å²) in [4.78, 5) is 31.3. The Morgan fingerprint density at radius 2 is 1.39 bits per heavy atom. The molecule has 0 aromatic heterocycles. The highest BCUT2D eigenvalue weighted by Gasteiger charge is 2.44. The van der Waals surface area contributed by atoms with Crippen molar-refractivity contribution in [2.45, 2.75) is 103 Å². The number of esters is 2. The minimum Gasteiger partial charge on any atom is -0.462 e. The number of piperidine rings is 1. The van der Waals surface area contributed by atoms with Crippen molar-refractivity contribution in [2.75, 3.05) is 6.61 Å². The second-order valence-electron chi connectivity index (χ2n) is 11.5. The van der Waals surface area contributed by atoms with E-state index in [1.165, 1.54) is 13.8 Å². The van der Waals surface area contributed by atoms with Gasteiger partial charge in [-0.25, -0.2) is 9.59 Å². The molecule has 0 radical (unpaired) electrons. The predicted molar refractivity (Wildman–Crippen MR) is 146 cm³/mol. The summed E-state index contributed by atoms with van der Waals surface area (Å²) in [6.45, 7) is 11.7. The SMILES string of the molecule is CC(O)C(=O)OC(C)C(=O)OCC(CC(ON1C(C)(C)CCCC1(C)C)c1ccccc1)c1ccccc1. The van der Waals surface area contributed by atoms with Crippen LogP contribution in [0.5, 0.6) is 0 Å². The topological polar surface area (TPSA) is 85.3 Å². The van der Waals surface area contributed by atoms with E-state index in [1.807, 2.05) is 48.5 Å². The van der Waals surface area contributed by atoms with E-state index < -0.39 is 24.1 Å². The molecule has 1 aliphatic heterocycles. The fourth-order valence-electron chi connectivity index (χ4n) is 5.20. The van der Waals surface area contributed by atoms with Crippen LogP contribution in [0.15, 0.2) is 60.7 Å². The number of ether oxygens (including phenoxy) is 2. The average molecular weight is 526 g/mol. The van der Waals surface area contributed by atoms with Crippen LogP contribution in [0.3, 0.4) is 0 Å². The zero-order valence-electron chi connectivity index (χ0n) is 23.6. The van der Waals surface area contributed by atoms with Gasteiger partial charge in [0.25, 0.3) is 0 Å². The Balaban J connectivity index is 1.84. The molecule has 2 aromatic rings. The van der Waals surface area contributed by atoms with Crippen LogP contribution < -0.4 is 0 Å². The number of hydroxylamine groups is 2. The summed E-state index contributed by atoms with van der Waals surface area (Å²) in [7, 11) is 0. The highest BCUT2D eigenvalue weighted by molar-refractivity contribution is 5.80. The molecule has 208 valence electrons. The zero-order chi connectivity index (χ0) is 27.9. The van der Waals surface area contributed by atoms with Gasteiger partial charge in [-0.1, -0.05) is 60.7 Å². The zero-order valence-corrected chi connectivity index (χ0v) is 23.6. The van der Waals surface area contributed by atoms with Gasteiger partial charge in [0.1, 0.15) is 12.2 Å². The molecule has 0 saturated carbocycles. The molecule has 0 bridgehead atoms. The number of aliphatic hydroxyl groups is 1. The van der Waals surface area contributed by atoms with Crippen molar-refractivity contribution in [3.8, 4) is 0 Å². The van der Waals surface area contributed by atoms with E-state index in [4.69, 9.17) is 14.3 Å². The van der Waals surface area contributed by atoms with Gasteiger partial charge in [-0.2, -0.15) is 5.06 Å². The Morgan fingerprint density at radius 1 is 0.868 bits per heavy atom. The van der Waals surface area contributed by atoms with Gasteiger partial charge in [0.2, 0.25) is 0 Å². The minimum absolute atomic E-state index is 0.0961. The van der Waals surface area contributed by atoms with E-state index in [1.54, 1.807) is 0 Å². The Bertz CT molecular complexity index is 1020. The first-order valence-corrected chi connectivity index (χ1v) is 13.5. The molecule has 4 atom stereocenters. The van der Waals surface area contributed by atoms with Crippen molar-refractivity contribution in [1.29, 1.82) is 0 Å². The maximum absolute atomic E-state index is 12.7. The largest absolute Gasteiger partial charge is 0.462 e. The van der Waals surface area contributed by atoms with Gasteiger partial charge in [-0.15, -0.1) is 0 Å². The molecule has 0 spiro atoms. The molecule has 1 heterocycles. The van der Waals surface area contributed by atoms with E-state index in [0.717, 1.165) is 30.4 Å². The van der Waals surface area contributed by atoms with Gasteiger partial charge >= 0.3 is 11.9 Å². The molecule has 2 aromatic carbocycles. The summed E-state index contributed by atoms with van der Waals surface area (Å²) in [5, 5.41) is 11.6. The number of benzene rings is 2. The molecule has 1 saturated heterocycles. The number of rotatable bonds is 11. The summed E-state index contributed by atoms with van der Waals surface area (Å²) in [5.41, 5.74) is 1.81. The number of nitrogens with zero attached hydrogens (tertiary/aromatic N) is 1. The van der Waals surface area contributed by atoms with Gasteiger partial charge in [-0.3, -0.25) is 4.84 Å². The normalized spacial score (nSPS) is 20.1. The third-order valence-corrected chi connectivity index (χ3v) is 7.24. The van der Waals surface area contributed by atoms with Crippen LogP contribution in [0.25, 0.3) is 0 Å². The lowest BCUT2D eigenvalue weighted by Crippen LogP contribution is -2.58. The summed E-state index contributed by atoms with van der Waals surface area (Å²) < 4.78 is 10.7. The standard InChI is InChI=1S/C31H43NO6/c1-22(33)28(34)37-23(2)29(35)36-21-26(24-14-9-7-10-15-24)20-27(25-16-11-8-12-17-25)38-32-30(3,4)18-13-19-31(32,5)6/h7-12,14-17,22-23,26-27,33H,13,18-21H2,1-6H3. The Morgan fingerprint density at radius 3 is 1.92 bits per heavy atom. The highest BCUT2D eigenvalue weighted by atomic mass is 16.7. The summed E-state index contributed by atoms with van der Waals surface area (Å²) >= 11 is 0. The fraction of sp³-hybridized carbons (Fsp3) is 0.548. The average Bonchev–Trinajstić information content (AvgIpc) is 2.87. The maximum atomic E-state index is 12.7. The fourth-order valence-corrected chi connectivity index (χ4v) is 5.20. The van der Waals surface area contributed by atoms with E-state index in [9.17, 15) is 14.7 Å². The molecule has 7 heteroatoms. The van der Waals surface area contributed by atoms with E-state index >= 15 is 0 Å². The molecule has 3 rings (SSSR count). The van der Waals surface area contributed by atoms with Crippen LogP contribution in [-0.2, 0) is 23.9 Å². The predicted octanol–water partition coefficient (Wildman–Crippen LogP) is 5.73. The smallest absolute Gasteiger partial charge is 0.347 e. The molecule has 38 heavy (non-hydrogen) atoms. The third-order valence-electron chi connectivity index (χ3n) is 7.24. The third kappa shape index (κ3) is 7.88. The quantitative estimate of drug-likeness (QED) is 0.375. The number of hydrogen-bond acceptors (Lipinski definition) is 7. The molecular weight excluding hydrogens is 482 g/mol. The summed E-state index contributed by atoms with van der Waals surface area (Å²) in [5.74, 6) is -1.69. The van der Waals surface area contributed by atoms with Crippen molar-refractivity contribution in [1.82, 2.24) is 5.06 Å². The van der Waals surface area contributed by atoms with Gasteiger partial charge in [0.15, 0.2) is 6.10 Å². The summed E-state index contributed by atoms with van der Waals surface area (Å²) in [6.07, 6.45) is 1.10. The van der Waals surface area contributed by atoms with Crippen LogP contribution in [0.4, 0.5) is 0 Å². The van der Waals surface area contributed by atoms with Crippen LogP contribution >= 0.6 is 0 Å². The van der Waals surface area contributed by atoms with Crippen molar-refractivity contribution in [2.24, 2.45) is 0 Å². The first-order chi connectivity index (χ1) is 17.9. The van der Waals surface area contributed by atoms with Gasteiger partial charge in [0.05, 0.1) is 6.61 Å². The van der Waals surface area contributed by atoms with Crippen LogP contribution in [-0.4, -0.2) is 52.0 Å². The van der Waals surface area contributed by atoms with Gasteiger partial charge in [-0.05, 0) is 78.4 Å². The first kappa shape index (κ1) is 29.8. The van der Waals surface area contributed by atoms with Crippen molar-refractivity contribution in [3.05, 3.63) is 71.8 Å². The highest BCUT2D eigenvalue weighted by Crippen LogP contribution is 2.42. The first-order valence-electron chi connectivity index (χ1n) is 13.5. The lowest BCUT2D eigenvalue weighted by molar-refractivity contribution is -0.309. The van der Waals surface area contributed by atoms with Crippen LogP contribution in [0.2, 0.25) is 0 Å². The Kier molecular flexibility index (Phi) is 10.1. The summed E-state index contributed by atoms with van der Waals surface area (Å²) in [6, 6.07) is 20.1. The lowest BCUT2D eigenvalue weighted by Gasteiger charge is -2.52. The molecule has 0 aliphatic carbocycles. The van der Waals surface area contributed by atoms with E-state index in [2.05, 4.69) is 44.9 Å².